The second-order valence-corrected chi connectivity index (χ2v) is 6.61. The third kappa shape index (κ3) is 1.76. The van der Waals surface area contributed by atoms with Crippen LogP contribution in [-0.4, -0.2) is 0 Å². The Hall–Kier alpha value is -0.260. The molecule has 0 amide bonds. The van der Waals surface area contributed by atoms with Crippen molar-refractivity contribution in [3.8, 4) is 0 Å². The summed E-state index contributed by atoms with van der Waals surface area (Å²) in [5.41, 5.74) is 4.64. The molecule has 1 fully saturated rings. The maximum absolute atomic E-state index is 2.46. The first-order chi connectivity index (χ1) is 6.43. The van der Waals surface area contributed by atoms with Gasteiger partial charge < -0.3 is 0 Å². The number of allylic oxidation sites excluding steroid dienone is 2. The van der Waals surface area contributed by atoms with Crippen molar-refractivity contribution in [3.05, 3.63) is 11.1 Å². The molecular weight excluding hydrogens is 168 g/mol. The molecule has 2 aliphatic rings. The SMILES string of the molecule is CC1=C(C)CC2(CCCC(C)(C)C2)C1. The van der Waals surface area contributed by atoms with Crippen molar-refractivity contribution >= 4 is 0 Å². The van der Waals surface area contributed by atoms with Gasteiger partial charge in [0.25, 0.3) is 0 Å². The van der Waals surface area contributed by atoms with Crippen LogP contribution in [-0.2, 0) is 0 Å². The van der Waals surface area contributed by atoms with Gasteiger partial charge in [-0.1, -0.05) is 31.4 Å². The smallest absolute Gasteiger partial charge is 0.0218 e. The minimum Gasteiger partial charge on any atom is -0.0738 e. The molecule has 0 atom stereocenters. The van der Waals surface area contributed by atoms with Gasteiger partial charge in [0.2, 0.25) is 0 Å². The van der Waals surface area contributed by atoms with E-state index in [1.165, 1.54) is 38.5 Å². The Labute approximate surface area is 88.8 Å². The molecule has 1 saturated carbocycles. The van der Waals surface area contributed by atoms with Gasteiger partial charge in [0.15, 0.2) is 0 Å². The lowest BCUT2D eigenvalue weighted by Crippen LogP contribution is -2.31. The van der Waals surface area contributed by atoms with Crippen LogP contribution in [0.1, 0.15) is 66.2 Å². The van der Waals surface area contributed by atoms with Crippen LogP contribution in [0.3, 0.4) is 0 Å². The average Bonchev–Trinajstić information content (AvgIpc) is 2.24. The quantitative estimate of drug-likeness (QED) is 0.488. The molecule has 0 nitrogen and oxygen atoms in total. The van der Waals surface area contributed by atoms with Crippen molar-refractivity contribution in [1.82, 2.24) is 0 Å². The van der Waals surface area contributed by atoms with Gasteiger partial charge in [0, 0.05) is 0 Å². The molecule has 0 aromatic rings. The molecule has 0 aliphatic heterocycles. The molecule has 0 saturated heterocycles. The molecule has 14 heavy (non-hydrogen) atoms. The van der Waals surface area contributed by atoms with Gasteiger partial charge in [0.05, 0.1) is 0 Å². The lowest BCUT2D eigenvalue weighted by Gasteiger charge is -2.43. The second-order valence-electron chi connectivity index (χ2n) is 6.61. The zero-order valence-electron chi connectivity index (χ0n) is 10.2. The molecule has 0 bridgehead atoms. The first-order valence-corrected chi connectivity index (χ1v) is 6.08. The third-order valence-corrected chi connectivity index (χ3v) is 4.42. The summed E-state index contributed by atoms with van der Waals surface area (Å²) in [5.74, 6) is 0. The Kier molecular flexibility index (Phi) is 2.28. The zero-order chi connectivity index (χ0) is 10.4. The van der Waals surface area contributed by atoms with Gasteiger partial charge >= 0.3 is 0 Å². The van der Waals surface area contributed by atoms with Crippen molar-refractivity contribution in [2.45, 2.75) is 66.2 Å². The molecule has 80 valence electrons. The van der Waals surface area contributed by atoms with E-state index in [1.54, 1.807) is 11.1 Å². The lowest BCUT2D eigenvalue weighted by molar-refractivity contribution is 0.0915. The minimum absolute atomic E-state index is 0.600. The Balaban J connectivity index is 2.13. The maximum atomic E-state index is 2.46. The molecule has 0 aromatic heterocycles. The normalized spacial score (nSPS) is 30.0. The van der Waals surface area contributed by atoms with E-state index >= 15 is 0 Å². The van der Waals surface area contributed by atoms with Gasteiger partial charge in [-0.2, -0.15) is 0 Å². The molecule has 0 N–H and O–H groups in total. The fourth-order valence-electron chi connectivity index (χ4n) is 3.92. The van der Waals surface area contributed by atoms with E-state index in [2.05, 4.69) is 27.7 Å². The monoisotopic (exact) mass is 192 g/mol. The Morgan fingerprint density at radius 1 is 0.929 bits per heavy atom. The van der Waals surface area contributed by atoms with Gasteiger partial charge in [-0.3, -0.25) is 0 Å². The minimum atomic E-state index is 0.600. The fraction of sp³-hybridized carbons (Fsp3) is 0.857. The summed E-state index contributed by atoms with van der Waals surface area (Å²) >= 11 is 0. The van der Waals surface area contributed by atoms with Crippen LogP contribution in [0.4, 0.5) is 0 Å². The predicted octanol–water partition coefficient (Wildman–Crippen LogP) is 4.70. The van der Waals surface area contributed by atoms with Gasteiger partial charge in [-0.25, -0.2) is 0 Å². The third-order valence-electron chi connectivity index (χ3n) is 4.42. The first kappa shape index (κ1) is 10.3. The number of hydrogen-bond acceptors (Lipinski definition) is 0. The topological polar surface area (TPSA) is 0 Å². The largest absolute Gasteiger partial charge is 0.0738 e. The van der Waals surface area contributed by atoms with Crippen LogP contribution in [0.2, 0.25) is 0 Å². The Bertz CT molecular complexity index is 254. The number of rotatable bonds is 0. The number of hydrogen-bond donors (Lipinski definition) is 0. The average molecular weight is 192 g/mol. The van der Waals surface area contributed by atoms with Crippen LogP contribution >= 0.6 is 0 Å². The van der Waals surface area contributed by atoms with Gasteiger partial charge in [-0.05, 0) is 56.8 Å². The standard InChI is InChI=1S/C14H24/c1-11-8-14(9-12(11)2)7-5-6-13(3,4)10-14/h5-10H2,1-4H3. The summed E-state index contributed by atoms with van der Waals surface area (Å²) in [7, 11) is 0. The Morgan fingerprint density at radius 2 is 1.50 bits per heavy atom. The highest BCUT2D eigenvalue weighted by atomic mass is 14.5. The molecule has 0 aromatic carbocycles. The van der Waals surface area contributed by atoms with Crippen LogP contribution < -0.4 is 0 Å². The highest BCUT2D eigenvalue weighted by Gasteiger charge is 2.42. The summed E-state index contributed by atoms with van der Waals surface area (Å²) in [4.78, 5) is 0. The summed E-state index contributed by atoms with van der Waals surface area (Å²) < 4.78 is 0. The van der Waals surface area contributed by atoms with E-state index in [0.717, 1.165) is 0 Å². The van der Waals surface area contributed by atoms with Crippen molar-refractivity contribution in [3.63, 3.8) is 0 Å². The van der Waals surface area contributed by atoms with E-state index < -0.39 is 0 Å². The highest BCUT2D eigenvalue weighted by molar-refractivity contribution is 5.22. The summed E-state index contributed by atoms with van der Waals surface area (Å²) in [6.45, 7) is 9.59. The van der Waals surface area contributed by atoms with E-state index in [0.29, 0.717) is 10.8 Å². The maximum Gasteiger partial charge on any atom is -0.0218 e. The fourth-order valence-corrected chi connectivity index (χ4v) is 3.92. The van der Waals surface area contributed by atoms with Crippen LogP contribution in [0.25, 0.3) is 0 Å². The van der Waals surface area contributed by atoms with E-state index in [-0.39, 0.29) is 0 Å². The van der Waals surface area contributed by atoms with E-state index in [1.807, 2.05) is 0 Å². The van der Waals surface area contributed by atoms with Crippen LogP contribution in [0.15, 0.2) is 11.1 Å². The molecule has 0 heteroatoms. The first-order valence-electron chi connectivity index (χ1n) is 6.08. The molecule has 0 unspecified atom stereocenters. The van der Waals surface area contributed by atoms with Crippen molar-refractivity contribution in [2.75, 3.05) is 0 Å². The summed E-state index contributed by atoms with van der Waals surface area (Å²) in [5, 5.41) is 0. The predicted molar refractivity (Wildman–Crippen MR) is 62.3 cm³/mol. The molecule has 2 aliphatic carbocycles. The van der Waals surface area contributed by atoms with Crippen molar-refractivity contribution in [2.24, 2.45) is 10.8 Å². The van der Waals surface area contributed by atoms with E-state index in [4.69, 9.17) is 0 Å². The lowest BCUT2D eigenvalue weighted by atomic mass is 9.62. The van der Waals surface area contributed by atoms with Crippen molar-refractivity contribution < 1.29 is 0 Å². The van der Waals surface area contributed by atoms with Crippen LogP contribution in [0, 0.1) is 10.8 Å². The zero-order valence-corrected chi connectivity index (χ0v) is 10.2. The van der Waals surface area contributed by atoms with Gasteiger partial charge in [-0.15, -0.1) is 0 Å². The molecule has 2 rings (SSSR count). The van der Waals surface area contributed by atoms with E-state index in [9.17, 15) is 0 Å². The summed E-state index contributed by atoms with van der Waals surface area (Å²) in [6, 6.07) is 0. The molecule has 0 radical (unpaired) electrons. The van der Waals surface area contributed by atoms with Gasteiger partial charge in [0.1, 0.15) is 0 Å². The molecular formula is C14H24. The summed E-state index contributed by atoms with van der Waals surface area (Å²) in [6.07, 6.45) is 8.60. The second kappa shape index (κ2) is 3.12. The highest BCUT2D eigenvalue weighted by Crippen LogP contribution is 2.55. The molecule has 0 heterocycles. The Morgan fingerprint density at radius 3 is 2.00 bits per heavy atom. The van der Waals surface area contributed by atoms with Crippen molar-refractivity contribution in [1.29, 1.82) is 0 Å². The molecule has 1 spiro atoms. The van der Waals surface area contributed by atoms with Crippen LogP contribution in [0.5, 0.6) is 0 Å².